The topological polar surface area (TPSA) is 63.5 Å². The molecule has 3 atom stereocenters. The summed E-state index contributed by atoms with van der Waals surface area (Å²) in [7, 11) is -2.62. The number of methoxy groups -OCH3 is 1. The predicted octanol–water partition coefficient (Wildman–Crippen LogP) is 5.67. The highest BCUT2D eigenvalue weighted by Gasteiger charge is 2.59. The number of rotatable bonds is 6. The number of sulfonamides is 1. The lowest BCUT2D eigenvalue weighted by Crippen LogP contribution is -2.19. The van der Waals surface area contributed by atoms with Crippen LogP contribution in [0.15, 0.2) is 83.3 Å². The second-order valence-electron chi connectivity index (χ2n) is 7.73. The van der Waals surface area contributed by atoms with Crippen molar-refractivity contribution < 1.29 is 17.9 Å². The average molecular weight is 502 g/mol. The Hall–Kier alpha value is -2.64. The molecule has 8 heteroatoms. The Labute approximate surface area is 203 Å². The van der Waals surface area contributed by atoms with Crippen LogP contribution < -0.4 is 0 Å². The molecule has 3 aromatic rings. The maximum atomic E-state index is 13.6. The van der Waals surface area contributed by atoms with E-state index in [4.69, 9.17) is 27.9 Å². The second kappa shape index (κ2) is 9.31. The van der Waals surface area contributed by atoms with Gasteiger partial charge in [0.05, 0.1) is 29.7 Å². The maximum Gasteiger partial charge on any atom is 0.335 e. The molecule has 1 aliphatic rings. The first-order chi connectivity index (χ1) is 15.7. The van der Waals surface area contributed by atoms with Crippen molar-refractivity contribution >= 4 is 45.3 Å². The van der Waals surface area contributed by atoms with Crippen LogP contribution in [0.5, 0.6) is 0 Å². The van der Waals surface area contributed by atoms with Crippen LogP contribution in [-0.2, 0) is 19.6 Å². The molecule has 1 aliphatic heterocycles. The van der Waals surface area contributed by atoms with E-state index in [1.165, 1.54) is 11.4 Å². The fourth-order valence-corrected chi connectivity index (χ4v) is 5.75. The molecule has 5 nitrogen and oxygen atoms in total. The van der Waals surface area contributed by atoms with Crippen LogP contribution >= 0.6 is 23.2 Å². The summed E-state index contributed by atoms with van der Waals surface area (Å²) in [6.07, 6.45) is 1.64. The van der Waals surface area contributed by atoms with Crippen molar-refractivity contribution in [2.75, 3.05) is 7.11 Å². The Morgan fingerprint density at radius 2 is 1.45 bits per heavy atom. The highest BCUT2D eigenvalue weighted by molar-refractivity contribution is 7.89. The number of esters is 1. The van der Waals surface area contributed by atoms with E-state index in [1.807, 2.05) is 6.92 Å². The zero-order chi connectivity index (χ0) is 23.8. The highest BCUT2D eigenvalue weighted by atomic mass is 35.5. The van der Waals surface area contributed by atoms with Crippen molar-refractivity contribution in [1.82, 2.24) is 4.31 Å². The van der Waals surface area contributed by atoms with Gasteiger partial charge >= 0.3 is 5.97 Å². The lowest BCUT2D eigenvalue weighted by atomic mass is 10.0. The standard InChI is InChI=1S/C25H21Cl2NO4S/c1-16-3-13-21(14-4-16)33(30,31)28-23(18-7-11-20(27)12-8-18)24(28)22(25(29)32-2)15-17-5-9-19(26)10-6-17/h3-15,23-24H,1-2H3/b22-15+/t23-,24+,28?/m0/s1. The highest BCUT2D eigenvalue weighted by Crippen LogP contribution is 2.51. The summed E-state index contributed by atoms with van der Waals surface area (Å²) in [6, 6.07) is 19.1. The molecule has 33 heavy (non-hydrogen) atoms. The quantitative estimate of drug-likeness (QED) is 0.248. The SMILES string of the molecule is COC(=O)/C(=C/c1ccc(Cl)cc1)[C@@H]1[C@H](c2ccc(Cl)cc2)N1S(=O)(=O)c1ccc(C)cc1. The van der Waals surface area contributed by atoms with Gasteiger partial charge in [-0.15, -0.1) is 0 Å². The summed E-state index contributed by atoms with van der Waals surface area (Å²) in [5.74, 6) is -0.601. The van der Waals surface area contributed by atoms with Gasteiger partial charge < -0.3 is 4.74 Å². The molecule has 1 fully saturated rings. The third kappa shape index (κ3) is 4.84. The van der Waals surface area contributed by atoms with Gasteiger partial charge in [-0.1, -0.05) is 65.2 Å². The smallest absolute Gasteiger partial charge is 0.335 e. The normalized spacial score (nSPS) is 20.4. The van der Waals surface area contributed by atoms with Gasteiger partial charge in [-0.05, 0) is 60.5 Å². The van der Waals surface area contributed by atoms with Crippen molar-refractivity contribution in [3.63, 3.8) is 0 Å². The number of hydrogen-bond donors (Lipinski definition) is 0. The molecule has 0 radical (unpaired) electrons. The molecular formula is C25H21Cl2NO4S. The molecule has 0 bridgehead atoms. The molecule has 0 saturated carbocycles. The summed E-state index contributed by atoms with van der Waals surface area (Å²) in [5.41, 5.74) is 2.61. The van der Waals surface area contributed by atoms with Gasteiger partial charge in [-0.3, -0.25) is 0 Å². The van der Waals surface area contributed by atoms with E-state index in [2.05, 4.69) is 0 Å². The molecule has 0 aliphatic carbocycles. The Balaban J connectivity index is 1.82. The largest absolute Gasteiger partial charge is 0.466 e. The van der Waals surface area contributed by atoms with E-state index in [-0.39, 0.29) is 10.5 Å². The third-order valence-corrected chi connectivity index (χ3v) is 7.88. The molecule has 3 aromatic carbocycles. The van der Waals surface area contributed by atoms with Crippen molar-refractivity contribution in [2.45, 2.75) is 23.9 Å². The summed E-state index contributed by atoms with van der Waals surface area (Å²) in [4.78, 5) is 12.9. The van der Waals surface area contributed by atoms with Crippen molar-refractivity contribution in [3.8, 4) is 0 Å². The van der Waals surface area contributed by atoms with E-state index >= 15 is 0 Å². The van der Waals surface area contributed by atoms with Gasteiger partial charge in [0.2, 0.25) is 10.0 Å². The monoisotopic (exact) mass is 501 g/mol. The molecule has 0 N–H and O–H groups in total. The number of carbonyl (C=O) groups excluding carboxylic acids is 1. The first-order valence-corrected chi connectivity index (χ1v) is 12.3. The van der Waals surface area contributed by atoms with Gasteiger partial charge in [0, 0.05) is 10.0 Å². The minimum atomic E-state index is -3.89. The maximum absolute atomic E-state index is 13.6. The first kappa shape index (κ1) is 23.5. The predicted molar refractivity (Wildman–Crippen MR) is 130 cm³/mol. The second-order valence-corrected chi connectivity index (χ2v) is 10.4. The van der Waals surface area contributed by atoms with Gasteiger partial charge in [-0.2, -0.15) is 4.31 Å². The van der Waals surface area contributed by atoms with Gasteiger partial charge in [0.25, 0.3) is 0 Å². The lowest BCUT2D eigenvalue weighted by Gasteiger charge is -2.09. The van der Waals surface area contributed by atoms with E-state index in [0.29, 0.717) is 15.6 Å². The fraction of sp³-hybridized carbons (Fsp3) is 0.160. The molecule has 1 heterocycles. The zero-order valence-electron chi connectivity index (χ0n) is 17.9. The number of benzene rings is 3. The van der Waals surface area contributed by atoms with Crippen molar-refractivity contribution in [3.05, 3.63) is 105 Å². The minimum Gasteiger partial charge on any atom is -0.466 e. The van der Waals surface area contributed by atoms with E-state index in [0.717, 1.165) is 11.1 Å². The van der Waals surface area contributed by atoms with Crippen LogP contribution in [0.3, 0.4) is 0 Å². The zero-order valence-corrected chi connectivity index (χ0v) is 20.2. The van der Waals surface area contributed by atoms with Gasteiger partial charge in [0.1, 0.15) is 0 Å². The Morgan fingerprint density at radius 1 is 0.909 bits per heavy atom. The molecule has 1 saturated heterocycles. The number of halogens is 2. The number of nitrogens with zero attached hydrogens (tertiary/aromatic N) is 1. The fourth-order valence-electron chi connectivity index (χ4n) is 3.76. The summed E-state index contributed by atoms with van der Waals surface area (Å²) in [5, 5.41) is 1.09. The average Bonchev–Trinajstić information content (AvgIpc) is 3.55. The van der Waals surface area contributed by atoms with Crippen LogP contribution in [0.1, 0.15) is 22.7 Å². The van der Waals surface area contributed by atoms with E-state index < -0.39 is 28.1 Å². The number of carbonyl (C=O) groups is 1. The number of hydrogen-bond acceptors (Lipinski definition) is 4. The third-order valence-electron chi connectivity index (χ3n) is 5.50. The van der Waals surface area contributed by atoms with Crippen molar-refractivity contribution in [2.24, 2.45) is 0 Å². The molecule has 4 rings (SSSR count). The summed E-state index contributed by atoms with van der Waals surface area (Å²) >= 11 is 12.0. The summed E-state index contributed by atoms with van der Waals surface area (Å²) in [6.45, 7) is 1.89. The molecule has 170 valence electrons. The summed E-state index contributed by atoms with van der Waals surface area (Å²) < 4.78 is 33.5. The van der Waals surface area contributed by atoms with Gasteiger partial charge in [0.15, 0.2) is 0 Å². The van der Waals surface area contributed by atoms with Crippen LogP contribution in [0.2, 0.25) is 10.0 Å². The minimum absolute atomic E-state index is 0.158. The van der Waals surface area contributed by atoms with Crippen LogP contribution in [0.4, 0.5) is 0 Å². The Morgan fingerprint density at radius 3 is 2.00 bits per heavy atom. The number of ether oxygens (including phenoxy) is 1. The Bertz CT molecular complexity index is 1300. The van der Waals surface area contributed by atoms with Crippen molar-refractivity contribution in [1.29, 1.82) is 0 Å². The molecule has 1 unspecified atom stereocenters. The van der Waals surface area contributed by atoms with E-state index in [1.54, 1.807) is 78.9 Å². The number of aryl methyl sites for hydroxylation is 1. The van der Waals surface area contributed by atoms with Crippen LogP contribution in [0.25, 0.3) is 6.08 Å². The van der Waals surface area contributed by atoms with Gasteiger partial charge in [-0.25, -0.2) is 13.2 Å². The molecule has 0 aromatic heterocycles. The first-order valence-electron chi connectivity index (χ1n) is 10.1. The van der Waals surface area contributed by atoms with E-state index in [9.17, 15) is 13.2 Å². The van der Waals surface area contributed by atoms with Crippen LogP contribution in [-0.4, -0.2) is 31.8 Å². The molecule has 0 amide bonds. The molecule has 0 spiro atoms. The lowest BCUT2D eigenvalue weighted by molar-refractivity contribution is -0.136. The Kier molecular flexibility index (Phi) is 6.64. The molecular weight excluding hydrogens is 481 g/mol. The van der Waals surface area contributed by atoms with Crippen LogP contribution in [0, 0.1) is 6.92 Å².